The van der Waals surface area contributed by atoms with Crippen molar-refractivity contribution in [3.63, 3.8) is 0 Å². The SMILES string of the molecule is NC[C@@H]1CN(C(=O)O)CCOC1c1ccc(Cl)c(Cl)c1. The Labute approximate surface area is 127 Å². The molecule has 1 saturated heterocycles. The first-order chi connectivity index (χ1) is 9.52. The van der Waals surface area contributed by atoms with Gasteiger partial charge < -0.3 is 20.5 Å². The van der Waals surface area contributed by atoms with E-state index in [2.05, 4.69) is 0 Å². The molecule has 3 N–H and O–H groups in total. The van der Waals surface area contributed by atoms with Gasteiger partial charge in [0.15, 0.2) is 0 Å². The van der Waals surface area contributed by atoms with Crippen molar-refractivity contribution in [2.45, 2.75) is 6.10 Å². The minimum atomic E-state index is -0.957. The second-order valence-electron chi connectivity index (χ2n) is 4.69. The van der Waals surface area contributed by atoms with E-state index in [1.54, 1.807) is 12.1 Å². The number of benzene rings is 1. The highest BCUT2D eigenvalue weighted by atomic mass is 35.5. The summed E-state index contributed by atoms with van der Waals surface area (Å²) in [5.41, 5.74) is 6.64. The van der Waals surface area contributed by atoms with Crippen LogP contribution in [-0.4, -0.2) is 42.3 Å². The van der Waals surface area contributed by atoms with Crippen LogP contribution in [-0.2, 0) is 4.74 Å². The molecule has 2 atom stereocenters. The summed E-state index contributed by atoms with van der Waals surface area (Å²) in [4.78, 5) is 12.4. The molecular weight excluding hydrogens is 303 g/mol. The molecule has 20 heavy (non-hydrogen) atoms. The smallest absolute Gasteiger partial charge is 0.407 e. The molecule has 0 aromatic heterocycles. The quantitative estimate of drug-likeness (QED) is 0.878. The lowest BCUT2D eigenvalue weighted by molar-refractivity contribution is 0.0331. The van der Waals surface area contributed by atoms with Gasteiger partial charge >= 0.3 is 6.09 Å². The molecule has 5 nitrogen and oxygen atoms in total. The maximum Gasteiger partial charge on any atom is 0.407 e. The Bertz CT molecular complexity index is 499. The lowest BCUT2D eigenvalue weighted by Gasteiger charge is -2.25. The van der Waals surface area contributed by atoms with E-state index in [1.807, 2.05) is 6.07 Å². The van der Waals surface area contributed by atoms with Gasteiger partial charge in [0.1, 0.15) is 0 Å². The number of halogens is 2. The lowest BCUT2D eigenvalue weighted by Crippen LogP contribution is -2.37. The van der Waals surface area contributed by atoms with E-state index in [9.17, 15) is 4.79 Å². The molecule has 0 radical (unpaired) electrons. The van der Waals surface area contributed by atoms with Crippen molar-refractivity contribution in [2.75, 3.05) is 26.2 Å². The van der Waals surface area contributed by atoms with E-state index < -0.39 is 6.09 Å². The number of carbonyl (C=O) groups is 1. The summed E-state index contributed by atoms with van der Waals surface area (Å²) in [7, 11) is 0. The Morgan fingerprint density at radius 3 is 2.80 bits per heavy atom. The average molecular weight is 319 g/mol. The zero-order chi connectivity index (χ0) is 14.7. The number of rotatable bonds is 2. The first-order valence-corrected chi connectivity index (χ1v) is 7.03. The van der Waals surface area contributed by atoms with Crippen molar-refractivity contribution in [2.24, 2.45) is 11.7 Å². The molecule has 1 aromatic rings. The number of nitrogens with zero attached hydrogens (tertiary/aromatic N) is 1. The summed E-state index contributed by atoms with van der Waals surface area (Å²) in [5, 5.41) is 10.0. The summed E-state index contributed by atoms with van der Waals surface area (Å²) >= 11 is 11.9. The van der Waals surface area contributed by atoms with Crippen molar-refractivity contribution in [1.29, 1.82) is 0 Å². The second-order valence-corrected chi connectivity index (χ2v) is 5.50. The van der Waals surface area contributed by atoms with Gasteiger partial charge in [0.25, 0.3) is 0 Å². The fraction of sp³-hybridized carbons (Fsp3) is 0.462. The highest BCUT2D eigenvalue weighted by Crippen LogP contribution is 2.32. The number of ether oxygens (including phenoxy) is 1. The van der Waals surface area contributed by atoms with Crippen LogP contribution in [0, 0.1) is 5.92 Å². The van der Waals surface area contributed by atoms with Crippen LogP contribution in [0.5, 0.6) is 0 Å². The molecule has 1 heterocycles. The maximum atomic E-state index is 11.1. The summed E-state index contributed by atoms with van der Waals surface area (Å²) < 4.78 is 5.78. The summed E-state index contributed by atoms with van der Waals surface area (Å²) in [5.74, 6) is -0.120. The molecule has 110 valence electrons. The molecule has 0 aliphatic carbocycles. The molecule has 7 heteroatoms. The highest BCUT2D eigenvalue weighted by molar-refractivity contribution is 6.42. The van der Waals surface area contributed by atoms with Crippen molar-refractivity contribution in [3.05, 3.63) is 33.8 Å². The second kappa shape index (κ2) is 6.63. The molecule has 0 bridgehead atoms. The van der Waals surface area contributed by atoms with Gasteiger partial charge in [0.2, 0.25) is 0 Å². The van der Waals surface area contributed by atoms with E-state index in [4.69, 9.17) is 38.8 Å². The summed E-state index contributed by atoms with van der Waals surface area (Å²) in [6.07, 6.45) is -1.24. The fourth-order valence-corrected chi connectivity index (χ4v) is 2.63. The molecule has 1 aliphatic rings. The van der Waals surface area contributed by atoms with Gasteiger partial charge in [-0.1, -0.05) is 29.3 Å². The van der Waals surface area contributed by atoms with Crippen LogP contribution in [0.1, 0.15) is 11.7 Å². The monoisotopic (exact) mass is 318 g/mol. The van der Waals surface area contributed by atoms with Gasteiger partial charge in [-0.2, -0.15) is 0 Å². The van der Waals surface area contributed by atoms with Crippen molar-refractivity contribution < 1.29 is 14.6 Å². The predicted molar refractivity (Wildman–Crippen MR) is 77.3 cm³/mol. The molecular formula is C13H16Cl2N2O3. The Hall–Kier alpha value is -1.01. The normalized spacial score (nSPS) is 23.4. The van der Waals surface area contributed by atoms with Gasteiger partial charge in [-0.05, 0) is 24.2 Å². The van der Waals surface area contributed by atoms with Gasteiger partial charge in [-0.25, -0.2) is 4.79 Å². The molecule has 1 unspecified atom stereocenters. The summed E-state index contributed by atoms with van der Waals surface area (Å²) in [6.45, 7) is 1.34. The van der Waals surface area contributed by atoms with Crippen LogP contribution < -0.4 is 5.73 Å². The Kier molecular flexibility index (Phi) is 5.10. The Morgan fingerprint density at radius 1 is 1.45 bits per heavy atom. The average Bonchev–Trinajstić information content (AvgIpc) is 2.64. The third-order valence-electron chi connectivity index (χ3n) is 3.39. The molecule has 2 rings (SSSR count). The minimum Gasteiger partial charge on any atom is -0.465 e. The Balaban J connectivity index is 2.24. The molecule has 1 aliphatic heterocycles. The first kappa shape index (κ1) is 15.4. The summed E-state index contributed by atoms with van der Waals surface area (Å²) in [6, 6.07) is 5.28. The molecule has 1 fully saturated rings. The van der Waals surface area contributed by atoms with Crippen molar-refractivity contribution in [3.8, 4) is 0 Å². The van der Waals surface area contributed by atoms with Crippen molar-refractivity contribution in [1.82, 2.24) is 4.90 Å². The topological polar surface area (TPSA) is 75.8 Å². The molecule has 0 spiro atoms. The van der Waals surface area contributed by atoms with Gasteiger partial charge in [0, 0.05) is 19.0 Å². The van der Waals surface area contributed by atoms with Gasteiger partial charge in [-0.15, -0.1) is 0 Å². The van der Waals surface area contributed by atoms with E-state index in [0.29, 0.717) is 36.3 Å². The molecule has 1 aromatic carbocycles. The number of hydrogen-bond acceptors (Lipinski definition) is 3. The number of amides is 1. The zero-order valence-electron chi connectivity index (χ0n) is 10.8. The van der Waals surface area contributed by atoms with Crippen LogP contribution >= 0.6 is 23.2 Å². The predicted octanol–water partition coefficient (Wildman–Crippen LogP) is 2.62. The number of carboxylic acid groups (broad SMARTS) is 1. The van der Waals surface area contributed by atoms with E-state index in [1.165, 1.54) is 4.90 Å². The number of nitrogens with two attached hydrogens (primary N) is 1. The highest BCUT2D eigenvalue weighted by Gasteiger charge is 2.30. The van der Waals surface area contributed by atoms with Crippen LogP contribution in [0.15, 0.2) is 18.2 Å². The third kappa shape index (κ3) is 3.35. The standard InChI is InChI=1S/C13H16Cl2N2O3/c14-10-2-1-8(5-11(10)15)12-9(6-16)7-17(13(18)19)3-4-20-12/h1-2,5,9,12H,3-4,6-7,16H2,(H,18,19)/t9-,12?/m1/s1. The van der Waals surface area contributed by atoms with Gasteiger partial charge in [-0.3, -0.25) is 0 Å². The number of hydrogen-bond donors (Lipinski definition) is 2. The molecule has 1 amide bonds. The minimum absolute atomic E-state index is 0.120. The molecule has 0 saturated carbocycles. The van der Waals surface area contributed by atoms with E-state index >= 15 is 0 Å². The third-order valence-corrected chi connectivity index (χ3v) is 4.13. The largest absolute Gasteiger partial charge is 0.465 e. The van der Waals surface area contributed by atoms with Crippen LogP contribution in [0.25, 0.3) is 0 Å². The van der Waals surface area contributed by atoms with Crippen molar-refractivity contribution >= 4 is 29.3 Å². The Morgan fingerprint density at radius 2 is 2.20 bits per heavy atom. The zero-order valence-corrected chi connectivity index (χ0v) is 12.3. The van der Waals surface area contributed by atoms with Gasteiger partial charge in [0.05, 0.1) is 22.8 Å². The van der Waals surface area contributed by atoms with Crippen LogP contribution in [0.3, 0.4) is 0 Å². The fourth-order valence-electron chi connectivity index (χ4n) is 2.33. The maximum absolute atomic E-state index is 11.1. The van der Waals surface area contributed by atoms with E-state index in [-0.39, 0.29) is 12.0 Å². The lowest BCUT2D eigenvalue weighted by atomic mass is 9.95. The van der Waals surface area contributed by atoms with Crippen LogP contribution in [0.2, 0.25) is 10.0 Å². The van der Waals surface area contributed by atoms with Crippen LogP contribution in [0.4, 0.5) is 4.79 Å². The first-order valence-electron chi connectivity index (χ1n) is 6.27. The van der Waals surface area contributed by atoms with E-state index in [0.717, 1.165) is 5.56 Å².